The lowest BCUT2D eigenvalue weighted by Crippen LogP contribution is -2.60. The number of para-hydroxylation sites is 1. The molecular formula is C25H38NO+. The SMILES string of the molecule is CC(C)CC(CC(C)C)(c1ccccc1)[N+](C)(C)CCOc1ccccc1. The highest BCUT2D eigenvalue weighted by molar-refractivity contribution is 5.23. The van der Waals surface area contributed by atoms with E-state index in [0.717, 1.165) is 23.4 Å². The summed E-state index contributed by atoms with van der Waals surface area (Å²) in [6, 6.07) is 21.3. The van der Waals surface area contributed by atoms with Crippen molar-refractivity contribution in [3.8, 4) is 5.75 Å². The zero-order valence-electron chi connectivity index (χ0n) is 18.1. The Morgan fingerprint density at radius 3 is 1.74 bits per heavy atom. The van der Waals surface area contributed by atoms with E-state index < -0.39 is 0 Å². The third kappa shape index (κ3) is 5.59. The van der Waals surface area contributed by atoms with Crippen molar-refractivity contribution in [3.05, 3.63) is 66.2 Å². The maximum absolute atomic E-state index is 6.07. The Morgan fingerprint density at radius 1 is 0.778 bits per heavy atom. The van der Waals surface area contributed by atoms with E-state index in [2.05, 4.69) is 72.1 Å². The van der Waals surface area contributed by atoms with Crippen LogP contribution in [-0.4, -0.2) is 31.7 Å². The highest BCUT2D eigenvalue weighted by atomic mass is 16.5. The summed E-state index contributed by atoms with van der Waals surface area (Å²) in [4.78, 5) is 0. The van der Waals surface area contributed by atoms with Gasteiger partial charge in [-0.1, -0.05) is 76.2 Å². The molecule has 0 bridgehead atoms. The van der Waals surface area contributed by atoms with Crippen molar-refractivity contribution >= 4 is 0 Å². The molecule has 0 unspecified atom stereocenters. The maximum Gasteiger partial charge on any atom is 0.137 e. The number of benzene rings is 2. The van der Waals surface area contributed by atoms with E-state index in [1.165, 1.54) is 18.4 Å². The van der Waals surface area contributed by atoms with Gasteiger partial charge in [0.2, 0.25) is 0 Å². The van der Waals surface area contributed by atoms with Gasteiger partial charge in [0.15, 0.2) is 0 Å². The normalized spacial score (nSPS) is 12.6. The van der Waals surface area contributed by atoms with Gasteiger partial charge >= 0.3 is 0 Å². The van der Waals surface area contributed by atoms with Gasteiger partial charge in [-0.05, 0) is 24.0 Å². The molecule has 0 amide bonds. The maximum atomic E-state index is 6.07. The molecule has 0 heterocycles. The third-order valence-corrected chi connectivity index (χ3v) is 5.62. The quantitative estimate of drug-likeness (QED) is 0.458. The standard InChI is InChI=1S/C25H38NO/c1-21(2)19-25(20-22(3)4,23-13-9-7-10-14-23)26(5,6)17-18-27-24-15-11-8-12-16-24/h7-16,21-22H,17-20H2,1-6H3/q+1. The van der Waals surface area contributed by atoms with E-state index in [-0.39, 0.29) is 5.54 Å². The molecule has 2 heteroatoms. The highest BCUT2D eigenvalue weighted by Crippen LogP contribution is 2.43. The van der Waals surface area contributed by atoms with Crippen LogP contribution in [0.5, 0.6) is 5.75 Å². The van der Waals surface area contributed by atoms with Gasteiger partial charge in [-0.3, -0.25) is 0 Å². The molecule has 2 aromatic rings. The predicted molar refractivity (Wildman–Crippen MR) is 116 cm³/mol. The molecule has 0 fully saturated rings. The van der Waals surface area contributed by atoms with Gasteiger partial charge in [0, 0.05) is 18.4 Å². The molecule has 2 nitrogen and oxygen atoms in total. The molecule has 0 N–H and O–H groups in total. The summed E-state index contributed by atoms with van der Waals surface area (Å²) < 4.78 is 7.00. The van der Waals surface area contributed by atoms with Gasteiger partial charge < -0.3 is 9.22 Å². The van der Waals surface area contributed by atoms with Crippen LogP contribution in [-0.2, 0) is 5.54 Å². The van der Waals surface area contributed by atoms with Crippen LogP contribution in [0.25, 0.3) is 0 Å². The smallest absolute Gasteiger partial charge is 0.137 e. The van der Waals surface area contributed by atoms with E-state index in [0.29, 0.717) is 11.8 Å². The Bertz CT molecular complexity index is 651. The molecule has 0 aliphatic heterocycles. The molecule has 0 atom stereocenters. The number of quaternary nitrogens is 1. The summed E-state index contributed by atoms with van der Waals surface area (Å²) >= 11 is 0. The molecule has 148 valence electrons. The summed E-state index contributed by atoms with van der Waals surface area (Å²) in [5, 5.41) is 0. The summed E-state index contributed by atoms with van der Waals surface area (Å²) in [5.41, 5.74) is 1.54. The minimum Gasteiger partial charge on any atom is -0.488 e. The van der Waals surface area contributed by atoms with Gasteiger partial charge in [0.25, 0.3) is 0 Å². The summed E-state index contributed by atoms with van der Waals surface area (Å²) in [6.07, 6.45) is 2.35. The Balaban J connectivity index is 2.31. The molecule has 0 spiro atoms. The zero-order valence-corrected chi connectivity index (χ0v) is 18.1. The van der Waals surface area contributed by atoms with Crippen LogP contribution in [0.2, 0.25) is 0 Å². The molecule has 0 aromatic heterocycles. The second-order valence-corrected chi connectivity index (χ2v) is 9.16. The third-order valence-electron chi connectivity index (χ3n) is 5.62. The largest absolute Gasteiger partial charge is 0.488 e. The van der Waals surface area contributed by atoms with Crippen LogP contribution < -0.4 is 4.74 Å². The predicted octanol–water partition coefficient (Wildman–Crippen LogP) is 6.13. The van der Waals surface area contributed by atoms with E-state index >= 15 is 0 Å². The molecule has 0 saturated heterocycles. The van der Waals surface area contributed by atoms with Crippen LogP contribution in [0.15, 0.2) is 60.7 Å². The average Bonchev–Trinajstić information content (AvgIpc) is 2.61. The van der Waals surface area contributed by atoms with Gasteiger partial charge in [-0.2, -0.15) is 0 Å². The molecule has 2 aromatic carbocycles. The first-order valence-electron chi connectivity index (χ1n) is 10.3. The molecule has 27 heavy (non-hydrogen) atoms. The van der Waals surface area contributed by atoms with Crippen molar-refractivity contribution in [2.45, 2.75) is 46.1 Å². The number of ether oxygens (including phenoxy) is 1. The van der Waals surface area contributed by atoms with Crippen LogP contribution in [0, 0.1) is 11.8 Å². The first-order valence-corrected chi connectivity index (χ1v) is 10.3. The molecular weight excluding hydrogens is 330 g/mol. The minimum absolute atomic E-state index is 0.0869. The monoisotopic (exact) mass is 368 g/mol. The van der Waals surface area contributed by atoms with Crippen molar-refractivity contribution in [1.82, 2.24) is 0 Å². The Hall–Kier alpha value is -1.80. The Morgan fingerprint density at radius 2 is 1.26 bits per heavy atom. The molecule has 0 radical (unpaired) electrons. The lowest BCUT2D eigenvalue weighted by molar-refractivity contribution is -0.952. The lowest BCUT2D eigenvalue weighted by Gasteiger charge is -2.51. The number of hydrogen-bond acceptors (Lipinski definition) is 1. The highest BCUT2D eigenvalue weighted by Gasteiger charge is 2.47. The number of hydrogen-bond donors (Lipinski definition) is 0. The van der Waals surface area contributed by atoms with Crippen LogP contribution in [0.3, 0.4) is 0 Å². The van der Waals surface area contributed by atoms with Crippen molar-refractivity contribution in [1.29, 1.82) is 0 Å². The summed E-state index contributed by atoms with van der Waals surface area (Å²) in [7, 11) is 4.76. The van der Waals surface area contributed by atoms with Gasteiger partial charge in [0.05, 0.1) is 14.1 Å². The lowest BCUT2D eigenvalue weighted by atomic mass is 9.74. The van der Waals surface area contributed by atoms with Crippen molar-refractivity contribution in [3.63, 3.8) is 0 Å². The second kappa shape index (κ2) is 9.41. The van der Waals surface area contributed by atoms with Crippen LogP contribution in [0.1, 0.15) is 46.1 Å². The number of rotatable bonds is 10. The Kier molecular flexibility index (Phi) is 7.49. The molecule has 0 aliphatic rings. The average molecular weight is 369 g/mol. The van der Waals surface area contributed by atoms with E-state index in [4.69, 9.17) is 4.74 Å². The molecule has 2 rings (SSSR count). The first kappa shape index (κ1) is 21.5. The zero-order chi connectivity index (χ0) is 19.9. The van der Waals surface area contributed by atoms with E-state index in [1.54, 1.807) is 0 Å². The Labute approximate surface area is 166 Å². The van der Waals surface area contributed by atoms with Crippen LogP contribution in [0.4, 0.5) is 0 Å². The van der Waals surface area contributed by atoms with Crippen molar-refractivity contribution in [2.24, 2.45) is 11.8 Å². The summed E-state index contributed by atoms with van der Waals surface area (Å²) in [6.45, 7) is 11.1. The van der Waals surface area contributed by atoms with Gasteiger partial charge in [-0.25, -0.2) is 0 Å². The summed E-state index contributed by atoms with van der Waals surface area (Å²) in [5.74, 6) is 2.23. The fourth-order valence-electron chi connectivity index (χ4n) is 4.38. The van der Waals surface area contributed by atoms with E-state index in [1.807, 2.05) is 30.3 Å². The fraction of sp³-hybridized carbons (Fsp3) is 0.520. The number of likely N-dealkylation sites (N-methyl/N-ethyl adjacent to an activating group) is 1. The molecule has 0 saturated carbocycles. The van der Waals surface area contributed by atoms with Crippen LogP contribution >= 0.6 is 0 Å². The number of nitrogens with zero attached hydrogens (tertiary/aromatic N) is 1. The first-order chi connectivity index (χ1) is 12.8. The fourth-order valence-corrected chi connectivity index (χ4v) is 4.38. The topological polar surface area (TPSA) is 9.23 Å². The van der Waals surface area contributed by atoms with Gasteiger partial charge in [0.1, 0.15) is 24.4 Å². The second-order valence-electron chi connectivity index (χ2n) is 9.16. The molecule has 0 aliphatic carbocycles. The van der Waals surface area contributed by atoms with Gasteiger partial charge in [-0.15, -0.1) is 0 Å². The minimum atomic E-state index is 0.0869. The van der Waals surface area contributed by atoms with Crippen molar-refractivity contribution in [2.75, 3.05) is 27.2 Å². The van der Waals surface area contributed by atoms with E-state index in [9.17, 15) is 0 Å². The van der Waals surface area contributed by atoms with Crippen molar-refractivity contribution < 1.29 is 9.22 Å².